The van der Waals surface area contributed by atoms with Crippen molar-refractivity contribution in [2.24, 2.45) is 12.0 Å². The number of fused-ring (bicyclic) bond motifs is 2. The predicted octanol–water partition coefficient (Wildman–Crippen LogP) is 4.30. The van der Waals surface area contributed by atoms with E-state index in [-0.39, 0.29) is 11.7 Å². The maximum absolute atomic E-state index is 13.1. The van der Waals surface area contributed by atoms with Gasteiger partial charge in [-0.25, -0.2) is 8.42 Å². The first-order valence-corrected chi connectivity index (χ1v) is 13.7. The summed E-state index contributed by atoms with van der Waals surface area (Å²) in [6, 6.07) is 9.80. The van der Waals surface area contributed by atoms with Crippen LogP contribution in [0.1, 0.15) is 49.9 Å². The van der Waals surface area contributed by atoms with Crippen LogP contribution in [0.25, 0.3) is 10.2 Å². The van der Waals surface area contributed by atoms with Crippen molar-refractivity contribution >= 4 is 37.5 Å². The first-order valence-electron chi connectivity index (χ1n) is 11.4. The first kappa shape index (κ1) is 24.4. The predicted molar refractivity (Wildman–Crippen MR) is 132 cm³/mol. The number of aromatic nitrogens is 1. The second-order valence-corrected chi connectivity index (χ2v) is 11.1. The van der Waals surface area contributed by atoms with E-state index in [4.69, 9.17) is 9.47 Å². The minimum absolute atomic E-state index is 0.193. The number of carbonyl (C=O) groups excluding carboxylic acids is 1. The Labute approximate surface area is 203 Å². The molecular formula is C24H29N3O5S2. The number of benzene rings is 2. The second-order valence-electron chi connectivity index (χ2n) is 8.17. The first-order chi connectivity index (χ1) is 16.3. The highest BCUT2D eigenvalue weighted by Gasteiger charge is 2.24. The van der Waals surface area contributed by atoms with Crippen molar-refractivity contribution in [3.8, 4) is 11.5 Å². The third-order valence-electron chi connectivity index (χ3n) is 5.76. The zero-order chi connectivity index (χ0) is 24.3. The van der Waals surface area contributed by atoms with E-state index in [9.17, 15) is 13.2 Å². The number of hydrogen-bond donors (Lipinski definition) is 0. The average molecular weight is 504 g/mol. The van der Waals surface area contributed by atoms with Gasteiger partial charge in [-0.2, -0.15) is 9.30 Å². The Morgan fingerprint density at radius 1 is 1.06 bits per heavy atom. The largest absolute Gasteiger partial charge is 0.454 e. The van der Waals surface area contributed by atoms with Crippen LogP contribution in [0.4, 0.5) is 0 Å². The summed E-state index contributed by atoms with van der Waals surface area (Å²) >= 11 is 1.38. The molecule has 1 aromatic heterocycles. The van der Waals surface area contributed by atoms with Gasteiger partial charge in [0, 0.05) is 37.8 Å². The molecule has 1 amide bonds. The molecule has 4 rings (SSSR count). The van der Waals surface area contributed by atoms with Crippen molar-refractivity contribution in [1.82, 2.24) is 8.87 Å². The lowest BCUT2D eigenvalue weighted by molar-refractivity contribution is 0.0998. The molecule has 0 spiro atoms. The van der Waals surface area contributed by atoms with Crippen molar-refractivity contribution in [3.63, 3.8) is 0 Å². The summed E-state index contributed by atoms with van der Waals surface area (Å²) in [5, 5.41) is 0. The average Bonchev–Trinajstić information content (AvgIpc) is 3.41. The number of carbonyl (C=O) groups is 1. The Kier molecular flexibility index (Phi) is 7.39. The number of rotatable bonds is 9. The molecule has 2 heterocycles. The summed E-state index contributed by atoms with van der Waals surface area (Å²) in [4.78, 5) is 17.8. The molecule has 1 aliphatic heterocycles. The quantitative estimate of drug-likeness (QED) is 0.434. The molecule has 0 saturated carbocycles. The minimum atomic E-state index is -3.61. The molecule has 0 unspecified atom stereocenters. The lowest BCUT2D eigenvalue weighted by Gasteiger charge is -2.22. The van der Waals surface area contributed by atoms with Crippen LogP contribution in [0.15, 0.2) is 46.3 Å². The Hall–Kier alpha value is -2.69. The lowest BCUT2D eigenvalue weighted by Crippen LogP contribution is -2.33. The van der Waals surface area contributed by atoms with Gasteiger partial charge in [0.25, 0.3) is 5.91 Å². The molecule has 0 saturated heterocycles. The smallest absolute Gasteiger partial charge is 0.279 e. The summed E-state index contributed by atoms with van der Waals surface area (Å²) in [6.07, 6.45) is 3.47. The molecule has 0 aliphatic carbocycles. The summed E-state index contributed by atoms with van der Waals surface area (Å²) in [6.45, 7) is 5.28. The van der Waals surface area contributed by atoms with E-state index in [1.165, 1.54) is 35.6 Å². The SMILES string of the molecule is CCCCN(CCCC)S(=O)(=O)c1ccc(C(=O)N=c2sc3cc4c(cc3n2C)OCO4)cc1. The molecule has 2 aromatic carbocycles. The Balaban J connectivity index is 1.58. The van der Waals surface area contributed by atoms with Crippen molar-refractivity contribution < 1.29 is 22.7 Å². The Bertz CT molecular complexity index is 1350. The summed E-state index contributed by atoms with van der Waals surface area (Å²) in [5.41, 5.74) is 1.22. The highest BCUT2D eigenvalue weighted by atomic mass is 32.2. The summed E-state index contributed by atoms with van der Waals surface area (Å²) in [5.74, 6) is 0.915. The van der Waals surface area contributed by atoms with Gasteiger partial charge >= 0.3 is 0 Å². The van der Waals surface area contributed by atoms with Gasteiger partial charge in [-0.05, 0) is 37.1 Å². The van der Waals surface area contributed by atoms with Gasteiger partial charge < -0.3 is 14.0 Å². The molecule has 34 heavy (non-hydrogen) atoms. The number of amides is 1. The third-order valence-corrected chi connectivity index (χ3v) is 8.77. The number of aryl methyl sites for hydroxylation is 1. The van der Waals surface area contributed by atoms with Gasteiger partial charge in [0.2, 0.25) is 16.8 Å². The monoisotopic (exact) mass is 503 g/mol. The van der Waals surface area contributed by atoms with E-state index in [1.807, 2.05) is 37.6 Å². The van der Waals surface area contributed by atoms with Crippen molar-refractivity contribution in [2.45, 2.75) is 44.4 Å². The molecule has 0 radical (unpaired) electrons. The molecule has 3 aromatic rings. The number of sulfonamides is 1. The topological polar surface area (TPSA) is 90.2 Å². The van der Waals surface area contributed by atoms with E-state index in [0.29, 0.717) is 35.0 Å². The number of unbranched alkanes of at least 4 members (excludes halogenated alkanes) is 2. The standard InChI is InChI=1S/C24H29N3O5S2/c1-4-6-12-27(13-7-5-2)34(29,30)18-10-8-17(9-11-18)23(28)25-24-26(3)19-14-20-21(32-16-31-20)15-22(19)33-24/h8-11,14-15H,4-7,12-13,16H2,1-3H3. The fourth-order valence-corrected chi connectivity index (χ4v) is 6.26. The van der Waals surface area contributed by atoms with E-state index in [1.54, 1.807) is 4.31 Å². The van der Waals surface area contributed by atoms with E-state index in [2.05, 4.69) is 4.99 Å². The summed E-state index contributed by atoms with van der Waals surface area (Å²) in [7, 11) is -1.77. The molecule has 0 fully saturated rings. The molecule has 0 atom stereocenters. The van der Waals surface area contributed by atoms with Crippen LogP contribution in [0.2, 0.25) is 0 Å². The molecule has 0 N–H and O–H groups in total. The van der Waals surface area contributed by atoms with Gasteiger partial charge in [-0.1, -0.05) is 38.0 Å². The van der Waals surface area contributed by atoms with Crippen LogP contribution in [-0.2, 0) is 17.1 Å². The highest BCUT2D eigenvalue weighted by molar-refractivity contribution is 7.89. The molecule has 0 bridgehead atoms. The van der Waals surface area contributed by atoms with Crippen LogP contribution in [0, 0.1) is 0 Å². The molecule has 10 heteroatoms. The zero-order valence-electron chi connectivity index (χ0n) is 19.6. The number of nitrogens with zero attached hydrogens (tertiary/aromatic N) is 3. The zero-order valence-corrected chi connectivity index (χ0v) is 21.2. The number of thiazole rings is 1. The van der Waals surface area contributed by atoms with Gasteiger partial charge in [0.1, 0.15) is 0 Å². The van der Waals surface area contributed by atoms with Crippen LogP contribution < -0.4 is 14.3 Å². The number of hydrogen-bond acceptors (Lipinski definition) is 6. The minimum Gasteiger partial charge on any atom is -0.454 e. The Morgan fingerprint density at radius 3 is 2.29 bits per heavy atom. The van der Waals surface area contributed by atoms with Crippen LogP contribution in [0.3, 0.4) is 0 Å². The maximum atomic E-state index is 13.1. The normalized spacial score (nSPS) is 13.8. The van der Waals surface area contributed by atoms with Crippen LogP contribution in [-0.4, -0.2) is 43.1 Å². The van der Waals surface area contributed by atoms with Gasteiger partial charge in [0.05, 0.1) is 15.1 Å². The van der Waals surface area contributed by atoms with Crippen molar-refractivity contribution in [3.05, 3.63) is 46.8 Å². The van der Waals surface area contributed by atoms with Crippen molar-refractivity contribution in [2.75, 3.05) is 19.9 Å². The highest BCUT2D eigenvalue weighted by Crippen LogP contribution is 2.36. The van der Waals surface area contributed by atoms with E-state index in [0.717, 1.165) is 35.9 Å². The van der Waals surface area contributed by atoms with Gasteiger partial charge in [0.15, 0.2) is 16.3 Å². The van der Waals surface area contributed by atoms with E-state index >= 15 is 0 Å². The fourth-order valence-electron chi connectivity index (χ4n) is 3.72. The third kappa shape index (κ3) is 4.89. The lowest BCUT2D eigenvalue weighted by atomic mass is 10.2. The maximum Gasteiger partial charge on any atom is 0.279 e. The van der Waals surface area contributed by atoms with Gasteiger partial charge in [-0.3, -0.25) is 4.79 Å². The molecule has 1 aliphatic rings. The van der Waals surface area contributed by atoms with Crippen LogP contribution in [0.5, 0.6) is 11.5 Å². The Morgan fingerprint density at radius 2 is 1.68 bits per heavy atom. The summed E-state index contributed by atoms with van der Waals surface area (Å²) < 4.78 is 41.5. The van der Waals surface area contributed by atoms with Crippen LogP contribution >= 0.6 is 11.3 Å². The molecular weight excluding hydrogens is 474 g/mol. The van der Waals surface area contributed by atoms with Gasteiger partial charge in [-0.15, -0.1) is 0 Å². The second kappa shape index (κ2) is 10.3. The fraction of sp³-hybridized carbons (Fsp3) is 0.417. The number of ether oxygens (including phenoxy) is 2. The van der Waals surface area contributed by atoms with Crippen molar-refractivity contribution in [1.29, 1.82) is 0 Å². The molecule has 8 nitrogen and oxygen atoms in total. The molecule has 182 valence electrons. The van der Waals surface area contributed by atoms with E-state index < -0.39 is 15.9 Å².